The molecule has 1 unspecified atom stereocenters. The lowest BCUT2D eigenvalue weighted by Crippen LogP contribution is -2.19. The predicted molar refractivity (Wildman–Crippen MR) is 70.7 cm³/mol. The Morgan fingerprint density at radius 3 is 2.75 bits per heavy atom. The molecule has 6 heteroatoms. The first kappa shape index (κ1) is 13.1. The zero-order valence-electron chi connectivity index (χ0n) is 9.95. The van der Waals surface area contributed by atoms with Crippen LogP contribution in [0.4, 0.5) is 11.6 Å². The summed E-state index contributed by atoms with van der Waals surface area (Å²) in [5, 5.41) is 3.36. The molecular formula is C10H19N5S. The number of thioether (sulfide) groups is 1. The number of hydrogen-bond donors (Lipinski definition) is 3. The van der Waals surface area contributed by atoms with Gasteiger partial charge in [-0.05, 0) is 32.3 Å². The molecule has 4 N–H and O–H groups in total. The van der Waals surface area contributed by atoms with Crippen molar-refractivity contribution in [3.8, 4) is 0 Å². The third kappa shape index (κ3) is 3.53. The number of hydrazine groups is 1. The van der Waals surface area contributed by atoms with E-state index in [2.05, 4.69) is 33.9 Å². The van der Waals surface area contributed by atoms with Crippen molar-refractivity contribution < 1.29 is 0 Å². The molecule has 0 aliphatic rings. The summed E-state index contributed by atoms with van der Waals surface area (Å²) in [6, 6.07) is 0.395. The molecule has 16 heavy (non-hydrogen) atoms. The van der Waals surface area contributed by atoms with Gasteiger partial charge >= 0.3 is 0 Å². The quantitative estimate of drug-likeness (QED) is 0.519. The molecule has 0 bridgehead atoms. The molecule has 0 aliphatic carbocycles. The standard InChI is InChI=1S/C10H19N5S/c1-7(4-5-16-3)14-9-8(2)10(15-11)13-6-12-9/h6-7H,4-5,11H2,1-3H3,(H2,12,13,14,15). The average molecular weight is 241 g/mol. The van der Waals surface area contributed by atoms with E-state index in [1.165, 1.54) is 6.33 Å². The van der Waals surface area contributed by atoms with Crippen LogP contribution in [0.25, 0.3) is 0 Å². The number of nitrogens with one attached hydrogen (secondary N) is 2. The summed E-state index contributed by atoms with van der Waals surface area (Å²) >= 11 is 1.85. The number of hydrogen-bond acceptors (Lipinski definition) is 6. The van der Waals surface area contributed by atoms with E-state index in [4.69, 9.17) is 5.84 Å². The van der Waals surface area contributed by atoms with E-state index in [1.54, 1.807) is 0 Å². The smallest absolute Gasteiger partial charge is 0.148 e. The minimum absolute atomic E-state index is 0.395. The van der Waals surface area contributed by atoms with Crippen LogP contribution >= 0.6 is 11.8 Å². The van der Waals surface area contributed by atoms with E-state index < -0.39 is 0 Å². The Morgan fingerprint density at radius 1 is 1.44 bits per heavy atom. The number of rotatable bonds is 6. The molecule has 0 amide bonds. The first-order chi connectivity index (χ1) is 7.69. The second-order valence-corrected chi connectivity index (χ2v) is 4.65. The largest absolute Gasteiger partial charge is 0.367 e. The van der Waals surface area contributed by atoms with E-state index in [-0.39, 0.29) is 0 Å². The highest BCUT2D eigenvalue weighted by atomic mass is 32.2. The van der Waals surface area contributed by atoms with Gasteiger partial charge in [0.25, 0.3) is 0 Å². The molecule has 90 valence electrons. The van der Waals surface area contributed by atoms with Gasteiger partial charge in [-0.2, -0.15) is 11.8 Å². The van der Waals surface area contributed by atoms with Gasteiger partial charge in [-0.1, -0.05) is 0 Å². The Labute approximate surface area is 101 Å². The number of nitrogen functional groups attached to an aromatic ring is 1. The molecule has 1 aromatic heterocycles. The van der Waals surface area contributed by atoms with E-state index in [0.717, 1.165) is 23.6 Å². The van der Waals surface area contributed by atoms with Crippen molar-refractivity contribution in [1.82, 2.24) is 9.97 Å². The molecule has 0 saturated heterocycles. The Bertz CT molecular complexity index is 331. The SMILES string of the molecule is CSCCC(C)Nc1ncnc(NN)c1C. The van der Waals surface area contributed by atoms with Gasteiger partial charge in [-0.3, -0.25) is 0 Å². The Hall–Kier alpha value is -1.01. The normalized spacial score (nSPS) is 12.2. The van der Waals surface area contributed by atoms with Crippen molar-refractivity contribution in [3.63, 3.8) is 0 Å². The Kier molecular flexibility index (Phi) is 5.34. The molecule has 1 atom stereocenters. The fourth-order valence-corrected chi connectivity index (χ4v) is 1.93. The van der Waals surface area contributed by atoms with Crippen molar-refractivity contribution >= 4 is 23.4 Å². The van der Waals surface area contributed by atoms with Gasteiger partial charge < -0.3 is 10.7 Å². The molecule has 1 aromatic rings. The van der Waals surface area contributed by atoms with E-state index in [9.17, 15) is 0 Å². The van der Waals surface area contributed by atoms with Crippen LogP contribution in [0.3, 0.4) is 0 Å². The van der Waals surface area contributed by atoms with E-state index in [1.807, 2.05) is 18.7 Å². The molecule has 0 aromatic carbocycles. The number of aromatic nitrogens is 2. The lowest BCUT2D eigenvalue weighted by molar-refractivity contribution is 0.764. The van der Waals surface area contributed by atoms with Crippen molar-refractivity contribution in [2.24, 2.45) is 5.84 Å². The topological polar surface area (TPSA) is 75.9 Å². The lowest BCUT2D eigenvalue weighted by Gasteiger charge is -2.16. The third-order valence-corrected chi connectivity index (χ3v) is 3.00. The molecule has 0 spiro atoms. The van der Waals surface area contributed by atoms with Crippen LogP contribution in [0.15, 0.2) is 6.33 Å². The van der Waals surface area contributed by atoms with Gasteiger partial charge in [-0.25, -0.2) is 15.8 Å². The van der Waals surface area contributed by atoms with Gasteiger partial charge in [0.05, 0.1) is 0 Å². The van der Waals surface area contributed by atoms with Crippen molar-refractivity contribution in [2.75, 3.05) is 22.8 Å². The number of nitrogens with two attached hydrogens (primary N) is 1. The van der Waals surface area contributed by atoms with Crippen LogP contribution in [0.1, 0.15) is 18.9 Å². The second-order valence-electron chi connectivity index (χ2n) is 3.67. The van der Waals surface area contributed by atoms with Crippen LogP contribution in [0.2, 0.25) is 0 Å². The van der Waals surface area contributed by atoms with Crippen molar-refractivity contribution in [3.05, 3.63) is 11.9 Å². The van der Waals surface area contributed by atoms with Gasteiger partial charge in [0, 0.05) is 11.6 Å². The van der Waals surface area contributed by atoms with E-state index >= 15 is 0 Å². The summed E-state index contributed by atoms with van der Waals surface area (Å²) in [6.45, 7) is 4.09. The molecule has 0 fully saturated rings. The molecule has 0 saturated carbocycles. The van der Waals surface area contributed by atoms with Crippen molar-refractivity contribution in [2.45, 2.75) is 26.3 Å². The predicted octanol–water partition coefficient (Wildman–Crippen LogP) is 1.62. The third-order valence-electron chi connectivity index (χ3n) is 2.36. The van der Waals surface area contributed by atoms with E-state index in [0.29, 0.717) is 11.9 Å². The maximum absolute atomic E-state index is 5.36. The lowest BCUT2D eigenvalue weighted by atomic mass is 10.2. The molecule has 5 nitrogen and oxygen atoms in total. The molecule has 0 aliphatic heterocycles. The van der Waals surface area contributed by atoms with Crippen LogP contribution in [0.5, 0.6) is 0 Å². The van der Waals surface area contributed by atoms with Crippen molar-refractivity contribution in [1.29, 1.82) is 0 Å². The molecular weight excluding hydrogens is 222 g/mol. The summed E-state index contributed by atoms with van der Waals surface area (Å²) < 4.78 is 0. The van der Waals surface area contributed by atoms with Gasteiger partial charge in [-0.15, -0.1) is 0 Å². The highest BCUT2D eigenvalue weighted by Gasteiger charge is 2.08. The maximum Gasteiger partial charge on any atom is 0.148 e. The second kappa shape index (κ2) is 6.55. The van der Waals surface area contributed by atoms with Gasteiger partial charge in [0.15, 0.2) is 0 Å². The molecule has 1 heterocycles. The zero-order valence-corrected chi connectivity index (χ0v) is 10.8. The Balaban J connectivity index is 2.66. The number of anilines is 2. The fraction of sp³-hybridized carbons (Fsp3) is 0.600. The Morgan fingerprint density at radius 2 is 2.12 bits per heavy atom. The minimum atomic E-state index is 0.395. The highest BCUT2D eigenvalue weighted by Crippen LogP contribution is 2.18. The minimum Gasteiger partial charge on any atom is -0.367 e. The monoisotopic (exact) mass is 241 g/mol. The van der Waals surface area contributed by atoms with Gasteiger partial charge in [0.2, 0.25) is 0 Å². The summed E-state index contributed by atoms with van der Waals surface area (Å²) in [6.07, 6.45) is 4.72. The average Bonchev–Trinajstić information content (AvgIpc) is 2.29. The molecule has 0 radical (unpaired) electrons. The summed E-state index contributed by atoms with van der Waals surface area (Å²) in [7, 11) is 0. The van der Waals surface area contributed by atoms with Crippen LogP contribution in [-0.2, 0) is 0 Å². The molecule has 1 rings (SSSR count). The number of nitrogens with zero attached hydrogens (tertiary/aromatic N) is 2. The maximum atomic E-state index is 5.36. The van der Waals surface area contributed by atoms with Crippen LogP contribution < -0.4 is 16.6 Å². The summed E-state index contributed by atoms with van der Waals surface area (Å²) in [5.41, 5.74) is 3.50. The summed E-state index contributed by atoms with van der Waals surface area (Å²) in [4.78, 5) is 8.25. The van der Waals surface area contributed by atoms with Crippen LogP contribution in [-0.4, -0.2) is 28.0 Å². The van der Waals surface area contributed by atoms with Gasteiger partial charge in [0.1, 0.15) is 18.0 Å². The fourth-order valence-electron chi connectivity index (χ4n) is 1.34. The first-order valence-corrected chi connectivity index (χ1v) is 6.62. The first-order valence-electron chi connectivity index (χ1n) is 5.22. The van der Waals surface area contributed by atoms with Crippen LogP contribution in [0, 0.1) is 6.92 Å². The summed E-state index contributed by atoms with van der Waals surface area (Å²) in [5.74, 6) is 8.00. The highest BCUT2D eigenvalue weighted by molar-refractivity contribution is 7.98. The zero-order chi connectivity index (χ0) is 12.0.